The van der Waals surface area contributed by atoms with E-state index < -0.39 is 11.7 Å². The molecule has 4 bridgehead atoms. The lowest BCUT2D eigenvalue weighted by Crippen LogP contribution is -2.40. The highest BCUT2D eigenvalue weighted by molar-refractivity contribution is 5.90. The zero-order valence-corrected chi connectivity index (χ0v) is 23.7. The van der Waals surface area contributed by atoms with Crippen molar-refractivity contribution >= 4 is 17.5 Å². The molecule has 0 atom stereocenters. The number of hydrazine groups is 1. The molecule has 0 aliphatic carbocycles. The molecule has 1 N–H and O–H groups in total. The van der Waals surface area contributed by atoms with Gasteiger partial charge in [-0.25, -0.2) is 4.79 Å². The van der Waals surface area contributed by atoms with Crippen LogP contribution in [0.4, 0.5) is 16.2 Å². The first kappa shape index (κ1) is 31.4. The molecule has 0 radical (unpaired) electrons. The second kappa shape index (κ2) is 17.6. The Hall–Kier alpha value is -3.09. The van der Waals surface area contributed by atoms with Gasteiger partial charge in [0.05, 0.1) is 77.4 Å². The summed E-state index contributed by atoms with van der Waals surface area (Å²) in [5, 5.41) is 1.34. The van der Waals surface area contributed by atoms with Crippen LogP contribution in [0.25, 0.3) is 0 Å². The molecular weight excluding hydrogens is 520 g/mol. The molecule has 0 fully saturated rings. The fourth-order valence-electron chi connectivity index (χ4n) is 3.44. The van der Waals surface area contributed by atoms with E-state index in [0.717, 1.165) is 0 Å². The average molecular weight is 563 g/mol. The highest BCUT2D eigenvalue weighted by Gasteiger charge is 2.24. The van der Waals surface area contributed by atoms with Gasteiger partial charge in [0, 0.05) is 12.1 Å². The van der Waals surface area contributed by atoms with E-state index in [-0.39, 0.29) is 0 Å². The molecule has 222 valence electrons. The first-order valence-electron chi connectivity index (χ1n) is 13.5. The van der Waals surface area contributed by atoms with Gasteiger partial charge in [-0.05, 0) is 45.0 Å². The third kappa shape index (κ3) is 12.8. The third-order valence-corrected chi connectivity index (χ3v) is 5.21. The molecule has 1 heterocycles. The lowest BCUT2D eigenvalue weighted by molar-refractivity contribution is -0.0141. The van der Waals surface area contributed by atoms with Crippen LogP contribution in [-0.4, -0.2) is 91.0 Å². The molecule has 0 spiro atoms. The Morgan fingerprint density at radius 2 is 1.12 bits per heavy atom. The van der Waals surface area contributed by atoms with Gasteiger partial charge in [-0.1, -0.05) is 12.1 Å². The van der Waals surface area contributed by atoms with E-state index >= 15 is 0 Å². The van der Waals surface area contributed by atoms with Crippen molar-refractivity contribution in [2.45, 2.75) is 26.4 Å². The van der Waals surface area contributed by atoms with Gasteiger partial charge in [0.15, 0.2) is 0 Å². The number of carbonyl (C=O) groups excluding carboxylic acids is 1. The van der Waals surface area contributed by atoms with Gasteiger partial charge in [-0.15, -0.1) is 0 Å². The molecule has 11 nitrogen and oxygen atoms in total. The van der Waals surface area contributed by atoms with E-state index in [2.05, 4.69) is 5.43 Å². The van der Waals surface area contributed by atoms with Crippen molar-refractivity contribution < 1.29 is 42.7 Å². The van der Waals surface area contributed by atoms with Crippen LogP contribution in [0, 0.1) is 0 Å². The Balaban J connectivity index is 1.68. The Kier molecular flexibility index (Phi) is 13.8. The molecule has 1 amide bonds. The predicted octanol–water partition coefficient (Wildman–Crippen LogP) is 4.31. The van der Waals surface area contributed by atoms with Crippen molar-refractivity contribution in [2.75, 3.05) is 89.7 Å². The fraction of sp³-hybridized carbons (Fsp3) is 0.552. The number of ether oxygens (including phenoxy) is 8. The molecule has 0 aromatic heterocycles. The molecule has 2 aromatic rings. The van der Waals surface area contributed by atoms with Gasteiger partial charge in [0.2, 0.25) is 0 Å². The second-order valence-corrected chi connectivity index (χ2v) is 9.71. The summed E-state index contributed by atoms with van der Waals surface area (Å²) in [6.45, 7) is 10.8. The zero-order valence-electron chi connectivity index (χ0n) is 23.7. The van der Waals surface area contributed by atoms with Crippen LogP contribution in [0.1, 0.15) is 20.8 Å². The van der Waals surface area contributed by atoms with Crippen molar-refractivity contribution in [3.63, 3.8) is 0 Å². The van der Waals surface area contributed by atoms with E-state index in [1.54, 1.807) is 18.2 Å². The Bertz CT molecular complexity index is 999. The van der Waals surface area contributed by atoms with E-state index in [0.29, 0.717) is 102 Å². The quantitative estimate of drug-likeness (QED) is 0.499. The van der Waals surface area contributed by atoms with Gasteiger partial charge in [-0.2, -0.15) is 5.01 Å². The van der Waals surface area contributed by atoms with Crippen molar-refractivity contribution in [2.24, 2.45) is 0 Å². The SMILES string of the molecule is CC(C)(C)OC(=O)N1Nc2cccc(c2)OCCOCCOCCOCCOCCOCCOc2cccc1c2. The molecule has 1 aliphatic rings. The van der Waals surface area contributed by atoms with Crippen LogP contribution in [-0.2, 0) is 28.4 Å². The molecule has 0 saturated carbocycles. The van der Waals surface area contributed by atoms with Gasteiger partial charge in [0.1, 0.15) is 30.3 Å². The largest absolute Gasteiger partial charge is 0.491 e. The monoisotopic (exact) mass is 562 g/mol. The van der Waals surface area contributed by atoms with Gasteiger partial charge < -0.3 is 37.9 Å². The van der Waals surface area contributed by atoms with E-state index in [9.17, 15) is 4.79 Å². The molecule has 11 heteroatoms. The minimum atomic E-state index is -0.688. The van der Waals surface area contributed by atoms with E-state index in [4.69, 9.17) is 37.9 Å². The minimum Gasteiger partial charge on any atom is -0.491 e. The number of rotatable bonds is 0. The molecule has 0 unspecified atom stereocenters. The van der Waals surface area contributed by atoms with Gasteiger partial charge in [-0.3, -0.25) is 5.43 Å². The summed E-state index contributed by atoms with van der Waals surface area (Å²) in [5.74, 6) is 1.22. The van der Waals surface area contributed by atoms with Crippen LogP contribution in [0.5, 0.6) is 11.5 Å². The minimum absolute atomic E-state index is 0.343. The lowest BCUT2D eigenvalue weighted by atomic mass is 10.2. The van der Waals surface area contributed by atoms with Crippen LogP contribution >= 0.6 is 0 Å². The first-order valence-corrected chi connectivity index (χ1v) is 13.5. The van der Waals surface area contributed by atoms with E-state index in [1.165, 1.54) is 5.01 Å². The Labute approximate surface area is 236 Å². The number of benzene rings is 2. The maximum atomic E-state index is 13.2. The number of nitrogens with one attached hydrogen (secondary N) is 1. The van der Waals surface area contributed by atoms with Crippen LogP contribution in [0.3, 0.4) is 0 Å². The lowest BCUT2D eigenvalue weighted by Gasteiger charge is -2.28. The van der Waals surface area contributed by atoms with Crippen LogP contribution in [0.15, 0.2) is 48.5 Å². The first-order chi connectivity index (χ1) is 19.4. The number of anilines is 2. The molecule has 2 aromatic carbocycles. The third-order valence-electron chi connectivity index (χ3n) is 5.21. The topological polar surface area (TPSA) is 106 Å². The Morgan fingerprint density at radius 1 is 0.675 bits per heavy atom. The number of hydrogen-bond acceptors (Lipinski definition) is 10. The number of amides is 1. The normalized spacial score (nSPS) is 17.8. The molecule has 1 aliphatic heterocycles. The number of nitrogens with zero attached hydrogens (tertiary/aromatic N) is 1. The summed E-state index contributed by atoms with van der Waals surface area (Å²) in [6.07, 6.45) is -0.565. The van der Waals surface area contributed by atoms with Gasteiger partial charge in [0.25, 0.3) is 0 Å². The molecule has 40 heavy (non-hydrogen) atoms. The summed E-state index contributed by atoms with van der Waals surface area (Å²) < 4.78 is 45.0. The summed E-state index contributed by atoms with van der Waals surface area (Å²) in [7, 11) is 0. The number of carbonyl (C=O) groups is 1. The highest BCUT2D eigenvalue weighted by Crippen LogP contribution is 2.26. The summed E-state index contributed by atoms with van der Waals surface area (Å²) in [6, 6.07) is 14.5. The maximum Gasteiger partial charge on any atom is 0.433 e. The average Bonchev–Trinajstić information content (AvgIpc) is 2.92. The second-order valence-electron chi connectivity index (χ2n) is 9.71. The Morgan fingerprint density at radius 3 is 1.62 bits per heavy atom. The van der Waals surface area contributed by atoms with Crippen molar-refractivity contribution in [1.82, 2.24) is 0 Å². The molecule has 3 rings (SSSR count). The van der Waals surface area contributed by atoms with Crippen LogP contribution < -0.4 is 19.9 Å². The number of hydrogen-bond donors (Lipinski definition) is 1. The maximum absolute atomic E-state index is 13.2. The molecule has 0 saturated heterocycles. The summed E-state index contributed by atoms with van der Waals surface area (Å²) in [4.78, 5) is 13.2. The van der Waals surface area contributed by atoms with Crippen molar-refractivity contribution in [3.05, 3.63) is 48.5 Å². The number of fused-ring (bicyclic) bond motifs is 4. The highest BCUT2D eigenvalue weighted by atomic mass is 16.6. The standard InChI is InChI=1S/C29H42N2O9/c1-29(2,3)40-28(32)31-25-7-5-9-27(23-25)39-21-19-37-17-15-35-13-11-33-10-12-34-14-16-36-18-20-38-26-8-4-6-24(22-26)30-31/h4-9,22-23,30H,10-21H2,1-3H3. The van der Waals surface area contributed by atoms with Crippen LogP contribution in [0.2, 0.25) is 0 Å². The predicted molar refractivity (Wildman–Crippen MR) is 150 cm³/mol. The summed E-state index contributed by atoms with van der Waals surface area (Å²) in [5.41, 5.74) is 3.64. The fourth-order valence-corrected chi connectivity index (χ4v) is 3.44. The smallest absolute Gasteiger partial charge is 0.433 e. The molecular formula is C29H42N2O9. The van der Waals surface area contributed by atoms with Gasteiger partial charge >= 0.3 is 6.09 Å². The van der Waals surface area contributed by atoms with Crippen molar-refractivity contribution in [1.29, 1.82) is 0 Å². The van der Waals surface area contributed by atoms with E-state index in [1.807, 2.05) is 51.1 Å². The van der Waals surface area contributed by atoms with Crippen molar-refractivity contribution in [3.8, 4) is 11.5 Å². The summed E-state index contributed by atoms with van der Waals surface area (Å²) >= 11 is 0. The zero-order chi connectivity index (χ0) is 28.5.